The van der Waals surface area contributed by atoms with E-state index in [4.69, 9.17) is 0 Å². The van der Waals surface area contributed by atoms with Crippen LogP contribution in [0.25, 0.3) is 0 Å². The highest BCUT2D eigenvalue weighted by Gasteiger charge is 2.39. The van der Waals surface area contributed by atoms with Crippen LogP contribution in [0, 0.1) is 0 Å². The predicted octanol–water partition coefficient (Wildman–Crippen LogP) is 4.58. The summed E-state index contributed by atoms with van der Waals surface area (Å²) < 4.78 is 76.0. The molecular weight excluding hydrogens is 318 g/mol. The molecule has 1 aromatic carbocycles. The summed E-state index contributed by atoms with van der Waals surface area (Å²) in [7, 11) is 0. The Kier molecular flexibility index (Phi) is 3.95. The smallest absolute Gasteiger partial charge is 0.406 e. The molecule has 0 aliphatic heterocycles. The summed E-state index contributed by atoms with van der Waals surface area (Å²) >= 11 is 2.36. The summed E-state index contributed by atoms with van der Waals surface area (Å²) in [4.78, 5) is -2.04. The third-order valence-corrected chi connectivity index (χ3v) is 2.72. The molecule has 0 radical (unpaired) electrons. The zero-order valence-corrected chi connectivity index (χ0v) is 9.53. The molecule has 96 valence electrons. The lowest BCUT2D eigenvalue weighted by atomic mass is 10.1. The van der Waals surface area contributed by atoms with Crippen molar-refractivity contribution in [2.24, 2.45) is 0 Å². The van der Waals surface area contributed by atoms with E-state index in [0.29, 0.717) is 6.07 Å². The molecule has 0 aromatic heterocycles. The first kappa shape index (κ1) is 14.1. The Labute approximate surface area is 101 Å². The van der Waals surface area contributed by atoms with Gasteiger partial charge in [0.15, 0.2) is 0 Å². The normalized spacial score (nSPS) is 14.5. The van der Waals surface area contributed by atoms with E-state index >= 15 is 0 Å². The second-order valence-electron chi connectivity index (χ2n) is 3.02. The van der Waals surface area contributed by atoms with Crippen LogP contribution >= 0.6 is 15.9 Å². The van der Waals surface area contributed by atoms with Crippen molar-refractivity contribution in [2.45, 2.75) is 17.4 Å². The van der Waals surface area contributed by atoms with Crippen molar-refractivity contribution >= 4 is 15.9 Å². The third kappa shape index (κ3) is 4.45. The molecule has 0 heterocycles. The highest BCUT2D eigenvalue weighted by molar-refractivity contribution is 9.09. The van der Waals surface area contributed by atoms with Crippen molar-refractivity contribution in [2.75, 3.05) is 0 Å². The van der Waals surface area contributed by atoms with Gasteiger partial charge in [-0.3, -0.25) is 0 Å². The predicted molar refractivity (Wildman–Crippen MR) is 50.8 cm³/mol. The molecular formula is C9H5BrF6O. The fourth-order valence-electron chi connectivity index (χ4n) is 1.06. The molecule has 1 unspecified atom stereocenters. The maximum Gasteiger partial charge on any atom is 0.573 e. The second-order valence-corrected chi connectivity index (χ2v) is 3.94. The van der Waals surface area contributed by atoms with E-state index in [1.807, 2.05) is 0 Å². The summed E-state index contributed by atoms with van der Waals surface area (Å²) in [5, 5.41) is 0. The maximum absolute atomic E-state index is 12.3. The van der Waals surface area contributed by atoms with E-state index in [0.717, 1.165) is 18.2 Å². The minimum atomic E-state index is -4.93. The average molecular weight is 323 g/mol. The molecule has 0 N–H and O–H groups in total. The maximum atomic E-state index is 12.3. The van der Waals surface area contributed by atoms with Crippen LogP contribution in [0.15, 0.2) is 24.3 Å². The number of alkyl halides is 7. The monoisotopic (exact) mass is 322 g/mol. The topological polar surface area (TPSA) is 9.23 Å². The van der Waals surface area contributed by atoms with Crippen LogP contribution in [0.3, 0.4) is 0 Å². The molecule has 0 spiro atoms. The number of halogens is 7. The minimum Gasteiger partial charge on any atom is -0.406 e. The van der Waals surface area contributed by atoms with Crippen LogP contribution in [0.2, 0.25) is 0 Å². The molecule has 0 saturated heterocycles. The fraction of sp³-hybridized carbons (Fsp3) is 0.333. The van der Waals surface area contributed by atoms with Crippen molar-refractivity contribution in [3.05, 3.63) is 29.8 Å². The van der Waals surface area contributed by atoms with Crippen molar-refractivity contribution < 1.29 is 31.1 Å². The Hall–Kier alpha value is -0.920. The van der Waals surface area contributed by atoms with E-state index in [-0.39, 0.29) is 5.56 Å². The van der Waals surface area contributed by atoms with Gasteiger partial charge in [-0.15, -0.1) is 13.2 Å². The van der Waals surface area contributed by atoms with E-state index in [1.54, 1.807) is 0 Å². The van der Waals surface area contributed by atoms with Gasteiger partial charge in [-0.05, 0) is 17.7 Å². The average Bonchev–Trinajstić information content (AvgIpc) is 2.12. The van der Waals surface area contributed by atoms with Crippen molar-refractivity contribution in [3.8, 4) is 5.75 Å². The highest BCUT2D eigenvalue weighted by atomic mass is 79.9. The van der Waals surface area contributed by atoms with Gasteiger partial charge in [0, 0.05) is 0 Å². The molecule has 0 bridgehead atoms. The Morgan fingerprint density at radius 2 is 1.65 bits per heavy atom. The van der Waals surface area contributed by atoms with Crippen LogP contribution < -0.4 is 4.74 Å². The van der Waals surface area contributed by atoms with E-state index in [9.17, 15) is 26.3 Å². The van der Waals surface area contributed by atoms with Crippen molar-refractivity contribution in [1.29, 1.82) is 0 Å². The first-order valence-electron chi connectivity index (χ1n) is 4.16. The first-order valence-corrected chi connectivity index (χ1v) is 5.07. The zero-order valence-electron chi connectivity index (χ0n) is 7.94. The molecule has 0 amide bonds. The lowest BCUT2D eigenvalue weighted by Gasteiger charge is -2.15. The van der Waals surface area contributed by atoms with Crippen molar-refractivity contribution in [1.82, 2.24) is 0 Å². The Balaban J connectivity index is 2.94. The Morgan fingerprint density at radius 1 is 1.06 bits per heavy atom. The molecule has 1 rings (SSSR count). The summed E-state index contributed by atoms with van der Waals surface area (Å²) in [6, 6.07) is 3.71. The molecule has 17 heavy (non-hydrogen) atoms. The van der Waals surface area contributed by atoms with Gasteiger partial charge in [0.2, 0.25) is 0 Å². The number of hydrogen-bond acceptors (Lipinski definition) is 1. The number of benzene rings is 1. The molecule has 0 fully saturated rings. The second kappa shape index (κ2) is 4.75. The van der Waals surface area contributed by atoms with E-state index < -0.39 is 23.1 Å². The molecule has 0 saturated carbocycles. The highest BCUT2D eigenvalue weighted by Crippen LogP contribution is 2.40. The van der Waals surface area contributed by atoms with Gasteiger partial charge in [0.05, 0.1) is 0 Å². The summed E-state index contributed by atoms with van der Waals surface area (Å²) in [6.07, 6.45) is -9.52. The molecule has 0 aliphatic carbocycles. The molecule has 8 heteroatoms. The number of ether oxygens (including phenoxy) is 1. The molecule has 0 aliphatic rings. The van der Waals surface area contributed by atoms with Crippen LogP contribution in [-0.4, -0.2) is 12.5 Å². The van der Waals surface area contributed by atoms with Gasteiger partial charge >= 0.3 is 12.5 Å². The van der Waals surface area contributed by atoms with Gasteiger partial charge in [-0.2, -0.15) is 13.2 Å². The largest absolute Gasteiger partial charge is 0.573 e. The van der Waals surface area contributed by atoms with Crippen LogP contribution in [-0.2, 0) is 0 Å². The molecule has 1 atom stereocenters. The SMILES string of the molecule is FC(F)(F)Oc1cccc(C(Br)C(F)(F)F)c1. The number of hydrogen-bond donors (Lipinski definition) is 0. The van der Waals surface area contributed by atoms with Gasteiger partial charge in [-0.25, -0.2) is 0 Å². The number of rotatable bonds is 2. The first-order chi connectivity index (χ1) is 7.59. The molecule has 1 aromatic rings. The standard InChI is InChI=1S/C9H5BrF6O/c10-7(8(11,12)13)5-2-1-3-6(4-5)17-9(14,15)16/h1-4,7H. The third-order valence-electron chi connectivity index (χ3n) is 1.67. The van der Waals surface area contributed by atoms with Crippen LogP contribution in [0.1, 0.15) is 10.4 Å². The Bertz CT molecular complexity index is 386. The zero-order chi connectivity index (χ0) is 13.3. The van der Waals surface area contributed by atoms with Crippen LogP contribution in [0.5, 0.6) is 5.75 Å². The fourth-order valence-corrected chi connectivity index (χ4v) is 1.34. The summed E-state index contributed by atoms with van der Waals surface area (Å²) in [5.74, 6) is -0.691. The lowest BCUT2D eigenvalue weighted by Crippen LogP contribution is -2.18. The lowest BCUT2D eigenvalue weighted by molar-refractivity contribution is -0.274. The van der Waals surface area contributed by atoms with Crippen molar-refractivity contribution in [3.63, 3.8) is 0 Å². The molecule has 1 nitrogen and oxygen atoms in total. The van der Waals surface area contributed by atoms with Gasteiger partial charge in [0.1, 0.15) is 10.6 Å². The van der Waals surface area contributed by atoms with Crippen LogP contribution in [0.4, 0.5) is 26.3 Å². The van der Waals surface area contributed by atoms with E-state index in [2.05, 4.69) is 20.7 Å². The quantitative estimate of drug-likeness (QED) is 0.572. The minimum absolute atomic E-state index is 0.362. The van der Waals surface area contributed by atoms with Gasteiger partial charge in [-0.1, -0.05) is 28.1 Å². The van der Waals surface area contributed by atoms with Gasteiger partial charge in [0.25, 0.3) is 0 Å². The Morgan fingerprint density at radius 3 is 2.12 bits per heavy atom. The van der Waals surface area contributed by atoms with E-state index in [1.165, 1.54) is 0 Å². The summed E-state index contributed by atoms with van der Waals surface area (Å²) in [6.45, 7) is 0. The van der Waals surface area contributed by atoms with Gasteiger partial charge < -0.3 is 4.74 Å². The summed E-state index contributed by atoms with van der Waals surface area (Å²) in [5.41, 5.74) is -0.362.